The van der Waals surface area contributed by atoms with Crippen molar-refractivity contribution in [1.82, 2.24) is 19.7 Å². The van der Waals surface area contributed by atoms with Crippen LogP contribution in [0.1, 0.15) is 61.4 Å². The first-order chi connectivity index (χ1) is 17.2. The van der Waals surface area contributed by atoms with Gasteiger partial charge in [0.25, 0.3) is 0 Å². The first-order valence-corrected chi connectivity index (χ1v) is 12.2. The monoisotopic (exact) mass is 518 g/mol. The van der Waals surface area contributed by atoms with Gasteiger partial charge in [0, 0.05) is 46.1 Å². The van der Waals surface area contributed by atoms with Gasteiger partial charge >= 0.3 is 6.61 Å². The lowest BCUT2D eigenvalue weighted by Crippen LogP contribution is -2.22. The highest BCUT2D eigenvalue weighted by atomic mass is 35.5. The second-order valence-corrected chi connectivity index (χ2v) is 9.67. The van der Waals surface area contributed by atoms with Gasteiger partial charge in [0.15, 0.2) is 0 Å². The van der Waals surface area contributed by atoms with E-state index < -0.39 is 18.3 Å². The lowest BCUT2D eigenvalue weighted by Gasteiger charge is -2.26. The average molecular weight is 519 g/mol. The molecule has 36 heavy (non-hydrogen) atoms. The number of fused-ring (bicyclic) bond motifs is 1. The van der Waals surface area contributed by atoms with Crippen molar-refractivity contribution < 1.29 is 23.0 Å². The van der Waals surface area contributed by atoms with Crippen molar-refractivity contribution in [2.24, 2.45) is 0 Å². The number of pyridine rings is 1. The van der Waals surface area contributed by atoms with E-state index >= 15 is 0 Å². The minimum Gasteiger partial charge on any atom is -0.434 e. The zero-order valence-corrected chi connectivity index (χ0v) is 20.6. The standard InChI is InChI=1S/C26H26ClF3N4O2/c1-13(23-22(36-26(29)30)8-7-21(28)24(23)27)19-11-32-25-18(19)9-15(10-31-25)20-12-33-34(14(20)2)16-3-5-17(35)6-4-16/h7-13,16-17,26,35H,3-6H2,1-2H3,(H,31,32)/t13-,16-,17-/m0/s1. The largest absolute Gasteiger partial charge is 0.434 e. The van der Waals surface area contributed by atoms with Crippen LogP contribution in [0, 0.1) is 12.7 Å². The summed E-state index contributed by atoms with van der Waals surface area (Å²) in [4.78, 5) is 7.66. The van der Waals surface area contributed by atoms with Crippen molar-refractivity contribution in [1.29, 1.82) is 0 Å². The molecule has 0 radical (unpaired) electrons. The van der Waals surface area contributed by atoms with Crippen molar-refractivity contribution >= 4 is 22.6 Å². The Kier molecular flexibility index (Phi) is 6.70. The highest BCUT2D eigenvalue weighted by Gasteiger charge is 2.26. The summed E-state index contributed by atoms with van der Waals surface area (Å²) in [5.41, 5.74) is 4.26. The maximum Gasteiger partial charge on any atom is 0.387 e. The number of halogens is 4. The summed E-state index contributed by atoms with van der Waals surface area (Å²) in [6, 6.07) is 4.38. The summed E-state index contributed by atoms with van der Waals surface area (Å²) >= 11 is 6.23. The molecule has 1 aromatic carbocycles. The van der Waals surface area contributed by atoms with E-state index in [0.717, 1.165) is 59.5 Å². The summed E-state index contributed by atoms with van der Waals surface area (Å²) < 4.78 is 47.0. The number of aromatic nitrogens is 4. The molecule has 6 nitrogen and oxygen atoms in total. The summed E-state index contributed by atoms with van der Waals surface area (Å²) in [6.45, 7) is 0.703. The van der Waals surface area contributed by atoms with Gasteiger partial charge in [-0.2, -0.15) is 13.9 Å². The third-order valence-electron chi connectivity index (χ3n) is 7.14. The van der Waals surface area contributed by atoms with E-state index in [-0.39, 0.29) is 28.5 Å². The number of nitrogens with one attached hydrogen (secondary N) is 1. The van der Waals surface area contributed by atoms with Crippen molar-refractivity contribution in [3.05, 3.63) is 64.5 Å². The van der Waals surface area contributed by atoms with E-state index in [2.05, 4.69) is 19.8 Å². The normalized spacial score (nSPS) is 19.2. The fourth-order valence-corrected chi connectivity index (χ4v) is 5.53. The molecule has 0 bridgehead atoms. The number of alkyl halides is 2. The average Bonchev–Trinajstić information content (AvgIpc) is 3.44. The molecule has 5 rings (SSSR count). The second kappa shape index (κ2) is 9.78. The van der Waals surface area contributed by atoms with Gasteiger partial charge in [0.2, 0.25) is 0 Å². The third-order valence-corrected chi connectivity index (χ3v) is 7.52. The first kappa shape index (κ1) is 24.6. The van der Waals surface area contributed by atoms with Crippen LogP contribution in [0.25, 0.3) is 22.2 Å². The minimum absolute atomic E-state index is 0.145. The molecular weight excluding hydrogens is 493 g/mol. The minimum atomic E-state index is -3.07. The molecule has 2 N–H and O–H groups in total. The van der Waals surface area contributed by atoms with Crippen LogP contribution < -0.4 is 4.74 Å². The van der Waals surface area contributed by atoms with E-state index in [4.69, 9.17) is 11.6 Å². The van der Waals surface area contributed by atoms with Crippen LogP contribution in [-0.4, -0.2) is 37.6 Å². The van der Waals surface area contributed by atoms with E-state index in [9.17, 15) is 18.3 Å². The number of aliphatic hydroxyl groups excluding tert-OH is 1. The van der Waals surface area contributed by atoms with Gasteiger partial charge in [-0.05, 0) is 56.4 Å². The number of ether oxygens (including phenoxy) is 1. The fourth-order valence-electron chi connectivity index (χ4n) is 5.21. The molecule has 1 aliphatic rings. The van der Waals surface area contributed by atoms with Crippen molar-refractivity contribution in [2.45, 2.75) is 64.2 Å². The molecule has 0 aliphatic heterocycles. The van der Waals surface area contributed by atoms with Gasteiger partial charge in [-0.15, -0.1) is 0 Å². The second-order valence-electron chi connectivity index (χ2n) is 9.29. The third kappa shape index (κ3) is 4.46. The Balaban J connectivity index is 1.53. The molecular formula is C26H26ClF3N4O2. The number of H-pyrrole nitrogens is 1. The first-order valence-electron chi connectivity index (χ1n) is 11.9. The van der Waals surface area contributed by atoms with Gasteiger partial charge in [0.05, 0.1) is 23.4 Å². The van der Waals surface area contributed by atoms with Crippen molar-refractivity contribution in [3.63, 3.8) is 0 Å². The lowest BCUT2D eigenvalue weighted by molar-refractivity contribution is -0.0505. The molecule has 4 aromatic rings. The lowest BCUT2D eigenvalue weighted by atomic mass is 9.91. The number of hydrogen-bond donors (Lipinski definition) is 2. The Labute approximate surface area is 211 Å². The van der Waals surface area contributed by atoms with Crippen LogP contribution in [0.15, 0.2) is 36.8 Å². The molecule has 3 heterocycles. The van der Waals surface area contributed by atoms with Crippen LogP contribution in [0.4, 0.5) is 13.2 Å². The van der Waals surface area contributed by atoms with Gasteiger partial charge in [-0.1, -0.05) is 18.5 Å². The van der Waals surface area contributed by atoms with Gasteiger partial charge in [0.1, 0.15) is 17.2 Å². The molecule has 1 saturated carbocycles. The van der Waals surface area contributed by atoms with E-state index in [1.165, 1.54) is 6.07 Å². The van der Waals surface area contributed by atoms with E-state index in [1.807, 2.05) is 23.9 Å². The van der Waals surface area contributed by atoms with Crippen LogP contribution in [0.5, 0.6) is 5.75 Å². The molecule has 1 atom stereocenters. The Morgan fingerprint density at radius 2 is 1.94 bits per heavy atom. The molecule has 10 heteroatoms. The number of benzene rings is 1. The number of nitrogens with zero attached hydrogens (tertiary/aromatic N) is 3. The molecule has 0 spiro atoms. The fraction of sp³-hybridized carbons (Fsp3) is 0.385. The Hall–Kier alpha value is -3.04. The van der Waals surface area contributed by atoms with Crippen molar-refractivity contribution in [3.8, 4) is 16.9 Å². The SMILES string of the molecule is Cc1c(-c2cnc3[nH]cc([C@H](C)c4c(OC(F)F)ccc(F)c4Cl)c3c2)cnn1[C@H]1CC[C@H](O)CC1. The molecule has 190 valence electrons. The van der Waals surface area contributed by atoms with Crippen LogP contribution >= 0.6 is 11.6 Å². The molecule has 0 amide bonds. The number of hydrogen-bond acceptors (Lipinski definition) is 4. The molecule has 1 fully saturated rings. The van der Waals surface area contributed by atoms with Gasteiger partial charge in [-0.3, -0.25) is 4.68 Å². The van der Waals surface area contributed by atoms with Crippen LogP contribution in [-0.2, 0) is 0 Å². The zero-order valence-electron chi connectivity index (χ0n) is 19.8. The number of rotatable bonds is 6. The van der Waals surface area contributed by atoms with Gasteiger partial charge in [-0.25, -0.2) is 9.37 Å². The summed E-state index contributed by atoms with van der Waals surface area (Å²) in [5.74, 6) is -1.45. The van der Waals surface area contributed by atoms with Crippen LogP contribution in [0.3, 0.4) is 0 Å². The highest BCUT2D eigenvalue weighted by molar-refractivity contribution is 6.31. The predicted molar refractivity (Wildman–Crippen MR) is 131 cm³/mol. The molecule has 0 unspecified atom stereocenters. The zero-order chi connectivity index (χ0) is 25.6. The number of aliphatic hydroxyl groups is 1. The number of aromatic amines is 1. The highest BCUT2D eigenvalue weighted by Crippen LogP contribution is 2.42. The maximum atomic E-state index is 14.3. The summed E-state index contributed by atoms with van der Waals surface area (Å²) in [5, 5.41) is 15.0. The quantitative estimate of drug-likeness (QED) is 0.296. The van der Waals surface area contributed by atoms with Gasteiger partial charge < -0.3 is 14.8 Å². The topological polar surface area (TPSA) is 76.0 Å². The maximum absolute atomic E-state index is 14.3. The molecule has 1 aliphatic carbocycles. The Morgan fingerprint density at radius 3 is 2.67 bits per heavy atom. The smallest absolute Gasteiger partial charge is 0.387 e. The summed E-state index contributed by atoms with van der Waals surface area (Å²) in [7, 11) is 0. The van der Waals surface area contributed by atoms with E-state index in [1.54, 1.807) is 19.3 Å². The summed E-state index contributed by atoms with van der Waals surface area (Å²) in [6.07, 6.45) is 8.33. The van der Waals surface area contributed by atoms with Crippen molar-refractivity contribution in [2.75, 3.05) is 0 Å². The Morgan fingerprint density at radius 1 is 1.19 bits per heavy atom. The Bertz CT molecular complexity index is 1400. The van der Waals surface area contributed by atoms with Crippen LogP contribution in [0.2, 0.25) is 5.02 Å². The molecule has 3 aromatic heterocycles. The van der Waals surface area contributed by atoms with E-state index in [0.29, 0.717) is 5.65 Å². The molecule has 0 saturated heterocycles. The predicted octanol–water partition coefficient (Wildman–Crippen LogP) is 6.76.